The molecule has 27 heavy (non-hydrogen) atoms. The Hall–Kier alpha value is -2.91. The molecule has 1 aliphatic rings. The number of nitrogens with one attached hydrogen (secondary N) is 1. The van der Waals surface area contributed by atoms with E-state index in [9.17, 15) is 13.5 Å². The number of anilines is 1. The fraction of sp³-hybridized carbons (Fsp3) is 0.238. The fourth-order valence-corrected chi connectivity index (χ4v) is 4.88. The van der Waals surface area contributed by atoms with E-state index in [-0.39, 0.29) is 5.75 Å². The number of sulfonamides is 1. The van der Waals surface area contributed by atoms with Gasteiger partial charge in [0.15, 0.2) is 0 Å². The summed E-state index contributed by atoms with van der Waals surface area (Å²) in [5, 5.41) is 11.5. The van der Waals surface area contributed by atoms with Gasteiger partial charge in [0.2, 0.25) is 10.0 Å². The monoisotopic (exact) mass is 380 g/mol. The van der Waals surface area contributed by atoms with Crippen molar-refractivity contribution in [1.82, 2.24) is 4.98 Å². The number of fused-ring (bicyclic) bond motifs is 2. The number of H-pyrrole nitrogens is 1. The maximum Gasteiger partial charge on any atom is 0.232 e. The predicted molar refractivity (Wildman–Crippen MR) is 109 cm³/mol. The molecule has 0 atom stereocenters. The van der Waals surface area contributed by atoms with Crippen molar-refractivity contribution in [2.24, 2.45) is 0 Å². The lowest BCUT2D eigenvalue weighted by Gasteiger charge is -2.20. The molecule has 138 valence electrons. The van der Waals surface area contributed by atoms with Crippen molar-refractivity contribution >= 4 is 26.6 Å². The Bertz CT molecular complexity index is 1240. The summed E-state index contributed by atoms with van der Waals surface area (Å²) in [7, 11) is -3.38. The molecule has 0 unspecified atom stereocenters. The molecule has 1 aromatic heterocycles. The van der Waals surface area contributed by atoms with Crippen molar-refractivity contribution < 1.29 is 13.5 Å². The molecule has 0 radical (unpaired) electrons. The Kier molecular flexibility index (Phi) is 3.93. The first-order valence-corrected chi connectivity index (χ1v) is 10.5. The number of phenolic OH excluding ortho intramolecular Hbond substituents is 1. The SMILES string of the molecule is CC#Cc1c(C)c(-c2c(O)ccc3[nH]ccc23)cc2c1CCN2S(C)(=O)=O. The average molecular weight is 380 g/mol. The van der Waals surface area contributed by atoms with Crippen molar-refractivity contribution in [1.29, 1.82) is 0 Å². The zero-order valence-corrected chi connectivity index (χ0v) is 16.2. The Morgan fingerprint density at radius 2 is 2.04 bits per heavy atom. The summed E-state index contributed by atoms with van der Waals surface area (Å²) in [5.41, 5.74) is 5.80. The Labute approximate surface area is 158 Å². The molecular weight excluding hydrogens is 360 g/mol. The molecule has 0 aliphatic carbocycles. The molecule has 1 aliphatic heterocycles. The minimum atomic E-state index is -3.38. The van der Waals surface area contributed by atoms with E-state index >= 15 is 0 Å². The zero-order valence-electron chi connectivity index (χ0n) is 15.4. The molecule has 2 aromatic carbocycles. The van der Waals surface area contributed by atoms with Gasteiger partial charge in [-0.3, -0.25) is 4.31 Å². The van der Waals surface area contributed by atoms with Crippen LogP contribution in [-0.2, 0) is 16.4 Å². The van der Waals surface area contributed by atoms with E-state index in [1.54, 1.807) is 13.0 Å². The van der Waals surface area contributed by atoms with E-state index in [2.05, 4.69) is 16.8 Å². The van der Waals surface area contributed by atoms with E-state index < -0.39 is 10.0 Å². The first-order valence-electron chi connectivity index (χ1n) is 8.69. The lowest BCUT2D eigenvalue weighted by Crippen LogP contribution is -2.27. The van der Waals surface area contributed by atoms with Crippen molar-refractivity contribution in [3.05, 3.63) is 47.2 Å². The molecule has 5 nitrogen and oxygen atoms in total. The molecule has 4 rings (SSSR count). The molecule has 2 heterocycles. The van der Waals surface area contributed by atoms with Crippen LogP contribution in [0.1, 0.15) is 23.6 Å². The molecule has 2 N–H and O–H groups in total. The fourth-order valence-electron chi connectivity index (χ4n) is 3.93. The van der Waals surface area contributed by atoms with Crippen molar-refractivity contribution in [2.45, 2.75) is 20.3 Å². The minimum absolute atomic E-state index is 0.157. The summed E-state index contributed by atoms with van der Waals surface area (Å²) >= 11 is 0. The van der Waals surface area contributed by atoms with Gasteiger partial charge in [0.1, 0.15) is 5.75 Å². The average Bonchev–Trinajstić information content (AvgIpc) is 3.23. The molecular formula is C21H20N2O3S. The van der Waals surface area contributed by atoms with E-state index in [4.69, 9.17) is 0 Å². The smallest absolute Gasteiger partial charge is 0.232 e. The topological polar surface area (TPSA) is 73.4 Å². The lowest BCUT2D eigenvalue weighted by atomic mass is 9.90. The third-order valence-corrected chi connectivity index (χ3v) is 6.32. The Balaban J connectivity index is 2.11. The molecule has 3 aromatic rings. The number of benzene rings is 2. The van der Waals surface area contributed by atoms with Gasteiger partial charge in [-0.15, -0.1) is 5.92 Å². The summed E-state index contributed by atoms with van der Waals surface area (Å²) in [4.78, 5) is 3.16. The number of hydrogen-bond donors (Lipinski definition) is 2. The second-order valence-electron chi connectivity index (χ2n) is 6.78. The quantitative estimate of drug-likeness (QED) is 0.668. The van der Waals surface area contributed by atoms with Crippen LogP contribution in [0.4, 0.5) is 5.69 Å². The number of aromatic amines is 1. The Morgan fingerprint density at radius 3 is 2.74 bits per heavy atom. The molecule has 0 spiro atoms. The molecule has 0 fully saturated rings. The van der Waals surface area contributed by atoms with Gasteiger partial charge < -0.3 is 10.1 Å². The van der Waals surface area contributed by atoms with Crippen LogP contribution in [0.25, 0.3) is 22.0 Å². The van der Waals surface area contributed by atoms with E-state index in [1.807, 2.05) is 31.3 Å². The Morgan fingerprint density at radius 1 is 1.26 bits per heavy atom. The van der Waals surface area contributed by atoms with E-state index in [1.165, 1.54) is 10.6 Å². The largest absolute Gasteiger partial charge is 0.507 e. The normalized spacial score (nSPS) is 13.5. The van der Waals surface area contributed by atoms with Crippen LogP contribution >= 0.6 is 0 Å². The highest BCUT2D eigenvalue weighted by molar-refractivity contribution is 7.92. The summed E-state index contributed by atoms with van der Waals surface area (Å²) in [6.45, 7) is 4.16. The van der Waals surface area contributed by atoms with Crippen LogP contribution in [0.5, 0.6) is 5.75 Å². The number of nitrogens with zero attached hydrogens (tertiary/aromatic N) is 1. The summed E-state index contributed by atoms with van der Waals surface area (Å²) in [5.74, 6) is 6.26. The first kappa shape index (κ1) is 17.5. The van der Waals surface area contributed by atoms with Gasteiger partial charge in [-0.2, -0.15) is 0 Å². The van der Waals surface area contributed by atoms with Crippen LogP contribution in [0.3, 0.4) is 0 Å². The minimum Gasteiger partial charge on any atom is -0.507 e. The van der Waals surface area contributed by atoms with Crippen LogP contribution < -0.4 is 4.31 Å². The van der Waals surface area contributed by atoms with Gasteiger partial charge >= 0.3 is 0 Å². The van der Waals surface area contributed by atoms with Crippen molar-refractivity contribution in [3.8, 4) is 28.7 Å². The van der Waals surface area contributed by atoms with Gasteiger partial charge in [-0.25, -0.2) is 8.42 Å². The lowest BCUT2D eigenvalue weighted by molar-refractivity contribution is 0.478. The molecule has 0 saturated carbocycles. The van der Waals surface area contributed by atoms with Gasteiger partial charge in [-0.05, 0) is 61.2 Å². The van der Waals surface area contributed by atoms with Gasteiger partial charge in [-0.1, -0.05) is 5.92 Å². The van der Waals surface area contributed by atoms with E-state index in [0.717, 1.165) is 33.2 Å². The first-order chi connectivity index (χ1) is 12.8. The van der Waals surface area contributed by atoms with Gasteiger partial charge in [0.05, 0.1) is 11.9 Å². The van der Waals surface area contributed by atoms with E-state index in [0.29, 0.717) is 24.2 Å². The summed E-state index contributed by atoms with van der Waals surface area (Å²) in [6, 6.07) is 7.27. The van der Waals surface area contributed by atoms with Crippen LogP contribution in [0.2, 0.25) is 0 Å². The highest BCUT2D eigenvalue weighted by Gasteiger charge is 2.30. The molecule has 0 bridgehead atoms. The van der Waals surface area contributed by atoms with Crippen LogP contribution in [-0.4, -0.2) is 31.3 Å². The van der Waals surface area contributed by atoms with Crippen molar-refractivity contribution in [3.63, 3.8) is 0 Å². The summed E-state index contributed by atoms with van der Waals surface area (Å²) < 4.78 is 26.0. The van der Waals surface area contributed by atoms with Gasteiger partial charge in [0.25, 0.3) is 0 Å². The molecule has 0 amide bonds. The molecule has 0 saturated heterocycles. The second kappa shape index (κ2) is 6.07. The number of aromatic nitrogens is 1. The maximum atomic E-state index is 12.3. The summed E-state index contributed by atoms with van der Waals surface area (Å²) in [6.07, 6.45) is 3.68. The third kappa shape index (κ3) is 2.66. The van der Waals surface area contributed by atoms with Crippen LogP contribution in [0, 0.1) is 18.8 Å². The van der Waals surface area contributed by atoms with Gasteiger partial charge in [0, 0.05) is 34.8 Å². The van der Waals surface area contributed by atoms with Crippen molar-refractivity contribution in [2.75, 3.05) is 17.1 Å². The number of rotatable bonds is 2. The molecule has 6 heteroatoms. The standard InChI is InChI=1S/C21H20N2O3S/c1-4-5-14-13(2)17(12-19-15(14)9-11-23(19)27(3,25)26)21-16-8-10-22-18(16)6-7-20(21)24/h6-8,10,12,22,24H,9,11H2,1-3H3. The second-order valence-corrected chi connectivity index (χ2v) is 8.69. The number of hydrogen-bond acceptors (Lipinski definition) is 3. The number of phenols is 1. The number of aromatic hydroxyl groups is 1. The predicted octanol–water partition coefficient (Wildman–Crippen LogP) is 3.54. The zero-order chi connectivity index (χ0) is 19.3. The van der Waals surface area contributed by atoms with Crippen LogP contribution in [0.15, 0.2) is 30.5 Å². The highest BCUT2D eigenvalue weighted by Crippen LogP contribution is 2.44. The third-order valence-electron chi connectivity index (χ3n) is 5.14. The maximum absolute atomic E-state index is 12.3. The highest BCUT2D eigenvalue weighted by atomic mass is 32.2.